The molecule has 1 amide bonds. The molecule has 2 heterocycles. The zero-order chi connectivity index (χ0) is 21.1. The first kappa shape index (κ1) is 20.3. The highest BCUT2D eigenvalue weighted by atomic mass is 35.5. The minimum absolute atomic E-state index is 0.0315. The number of nitrogens with one attached hydrogen (secondary N) is 1. The molecule has 2 aromatic carbocycles. The number of halogens is 2. The van der Waals surface area contributed by atoms with Crippen molar-refractivity contribution < 1.29 is 9.18 Å². The van der Waals surface area contributed by atoms with Gasteiger partial charge in [0.1, 0.15) is 5.82 Å². The van der Waals surface area contributed by atoms with Crippen LogP contribution in [0.5, 0.6) is 0 Å². The molecular formula is C23H22ClFN4O. The summed E-state index contributed by atoms with van der Waals surface area (Å²) in [6, 6.07) is 11.9. The van der Waals surface area contributed by atoms with Crippen LogP contribution >= 0.6 is 11.6 Å². The van der Waals surface area contributed by atoms with Gasteiger partial charge in [0.2, 0.25) is 11.9 Å². The lowest BCUT2D eigenvalue weighted by atomic mass is 9.97. The number of hydrogen-bond donors (Lipinski definition) is 1. The van der Waals surface area contributed by atoms with Crippen molar-refractivity contribution >= 4 is 29.1 Å². The predicted octanol–water partition coefficient (Wildman–Crippen LogP) is 5.10. The summed E-state index contributed by atoms with van der Waals surface area (Å²) >= 11 is 6.16. The average molecular weight is 425 g/mol. The third kappa shape index (κ3) is 4.60. The van der Waals surface area contributed by atoms with E-state index in [-0.39, 0.29) is 17.6 Å². The summed E-state index contributed by atoms with van der Waals surface area (Å²) in [6.07, 6.45) is 5.06. The average Bonchev–Trinajstić information content (AvgIpc) is 2.76. The number of benzene rings is 2. The highest BCUT2D eigenvalue weighted by molar-refractivity contribution is 6.31. The molecule has 0 aliphatic carbocycles. The van der Waals surface area contributed by atoms with Crippen LogP contribution in [0.15, 0.2) is 54.9 Å². The van der Waals surface area contributed by atoms with Gasteiger partial charge in [-0.05, 0) is 55.2 Å². The first-order valence-corrected chi connectivity index (χ1v) is 10.3. The quantitative estimate of drug-likeness (QED) is 0.633. The zero-order valence-electron chi connectivity index (χ0n) is 16.6. The van der Waals surface area contributed by atoms with Crippen molar-refractivity contribution in [2.45, 2.75) is 19.8 Å². The van der Waals surface area contributed by atoms with Crippen LogP contribution in [0.25, 0.3) is 11.1 Å². The molecule has 1 saturated heterocycles. The topological polar surface area (TPSA) is 58.1 Å². The second-order valence-electron chi connectivity index (χ2n) is 7.52. The molecule has 1 fully saturated rings. The Labute approximate surface area is 179 Å². The van der Waals surface area contributed by atoms with Gasteiger partial charge in [-0.1, -0.05) is 29.8 Å². The molecule has 30 heavy (non-hydrogen) atoms. The Kier molecular flexibility index (Phi) is 5.95. The van der Waals surface area contributed by atoms with Gasteiger partial charge in [0, 0.05) is 41.8 Å². The monoisotopic (exact) mass is 424 g/mol. The van der Waals surface area contributed by atoms with Gasteiger partial charge in [-0.25, -0.2) is 14.4 Å². The molecule has 0 saturated carbocycles. The van der Waals surface area contributed by atoms with E-state index in [2.05, 4.69) is 15.3 Å². The molecule has 4 rings (SSSR count). The summed E-state index contributed by atoms with van der Waals surface area (Å²) in [6.45, 7) is 3.26. The van der Waals surface area contributed by atoms with Crippen LogP contribution in [0.1, 0.15) is 18.4 Å². The van der Waals surface area contributed by atoms with E-state index in [9.17, 15) is 9.18 Å². The van der Waals surface area contributed by atoms with Crippen LogP contribution in [-0.2, 0) is 4.79 Å². The standard InChI is InChI=1S/C23H22ClFN4O/c1-15-7-8-20(11-21(15)24)28-22(30)17-5-3-9-29(14-17)23-26-12-18(13-27-23)16-4-2-6-19(25)10-16/h2,4,6-8,10-13,17H,3,5,9,14H2,1H3,(H,28,30)/t17-/m0/s1. The maximum absolute atomic E-state index is 13.4. The third-order valence-corrected chi connectivity index (χ3v) is 5.72. The van der Waals surface area contributed by atoms with Crippen LogP contribution in [-0.4, -0.2) is 29.0 Å². The van der Waals surface area contributed by atoms with E-state index in [1.54, 1.807) is 24.5 Å². The van der Waals surface area contributed by atoms with E-state index in [4.69, 9.17) is 11.6 Å². The number of rotatable bonds is 4. The molecule has 1 N–H and O–H groups in total. The lowest BCUT2D eigenvalue weighted by molar-refractivity contribution is -0.120. The van der Waals surface area contributed by atoms with Crippen molar-refractivity contribution in [3.05, 3.63) is 71.3 Å². The Hall–Kier alpha value is -2.99. The molecule has 0 bridgehead atoms. The summed E-state index contributed by atoms with van der Waals surface area (Å²) in [4.78, 5) is 23.7. The van der Waals surface area contributed by atoms with Crippen molar-refractivity contribution in [1.82, 2.24) is 9.97 Å². The fourth-order valence-electron chi connectivity index (χ4n) is 3.59. The van der Waals surface area contributed by atoms with Gasteiger partial charge in [0.25, 0.3) is 0 Å². The Bertz CT molecular complexity index is 1060. The van der Waals surface area contributed by atoms with E-state index >= 15 is 0 Å². The molecule has 3 aromatic rings. The molecule has 1 atom stereocenters. The number of hydrogen-bond acceptors (Lipinski definition) is 4. The van der Waals surface area contributed by atoms with Crippen molar-refractivity contribution in [2.24, 2.45) is 5.92 Å². The number of nitrogens with zero attached hydrogens (tertiary/aromatic N) is 3. The second-order valence-corrected chi connectivity index (χ2v) is 7.93. The van der Waals surface area contributed by atoms with Gasteiger partial charge in [-0.2, -0.15) is 0 Å². The van der Waals surface area contributed by atoms with Gasteiger partial charge in [0.15, 0.2) is 0 Å². The molecule has 5 nitrogen and oxygen atoms in total. The third-order valence-electron chi connectivity index (χ3n) is 5.31. The second kappa shape index (κ2) is 8.79. The number of amides is 1. The molecular weight excluding hydrogens is 403 g/mol. The van der Waals surface area contributed by atoms with Gasteiger partial charge in [-0.15, -0.1) is 0 Å². The Balaban J connectivity index is 1.43. The van der Waals surface area contributed by atoms with Crippen LogP contribution in [0.3, 0.4) is 0 Å². The highest BCUT2D eigenvalue weighted by Crippen LogP contribution is 2.25. The molecule has 7 heteroatoms. The summed E-state index contributed by atoms with van der Waals surface area (Å²) in [5.74, 6) is 0.0867. The first-order chi connectivity index (χ1) is 14.5. The fourth-order valence-corrected chi connectivity index (χ4v) is 3.77. The Morgan fingerprint density at radius 1 is 1.17 bits per heavy atom. The van der Waals surface area contributed by atoms with Crippen molar-refractivity contribution in [1.29, 1.82) is 0 Å². The van der Waals surface area contributed by atoms with Gasteiger partial charge in [-0.3, -0.25) is 4.79 Å². The maximum atomic E-state index is 13.4. The Morgan fingerprint density at radius 2 is 1.97 bits per heavy atom. The van der Waals surface area contributed by atoms with Gasteiger partial charge >= 0.3 is 0 Å². The van der Waals surface area contributed by atoms with E-state index in [0.717, 1.165) is 36.1 Å². The predicted molar refractivity (Wildman–Crippen MR) is 117 cm³/mol. The van der Waals surface area contributed by atoms with Gasteiger partial charge in [0.05, 0.1) is 5.92 Å². The number of anilines is 2. The maximum Gasteiger partial charge on any atom is 0.229 e. The highest BCUT2D eigenvalue weighted by Gasteiger charge is 2.27. The molecule has 1 aromatic heterocycles. The summed E-state index contributed by atoms with van der Waals surface area (Å²) in [7, 11) is 0. The van der Waals surface area contributed by atoms with E-state index in [1.807, 2.05) is 30.0 Å². The largest absolute Gasteiger partial charge is 0.340 e. The van der Waals surface area contributed by atoms with Crippen molar-refractivity contribution in [3.63, 3.8) is 0 Å². The lowest BCUT2D eigenvalue weighted by Crippen LogP contribution is -2.41. The summed E-state index contributed by atoms with van der Waals surface area (Å²) < 4.78 is 13.4. The van der Waals surface area contributed by atoms with E-state index in [0.29, 0.717) is 23.2 Å². The van der Waals surface area contributed by atoms with Crippen LogP contribution < -0.4 is 10.2 Å². The summed E-state index contributed by atoms with van der Waals surface area (Å²) in [5, 5.41) is 3.59. The van der Waals surface area contributed by atoms with Crippen molar-refractivity contribution in [2.75, 3.05) is 23.3 Å². The van der Waals surface area contributed by atoms with E-state index < -0.39 is 0 Å². The molecule has 154 valence electrons. The van der Waals surface area contributed by atoms with Crippen LogP contribution in [0, 0.1) is 18.7 Å². The number of carbonyl (C=O) groups excluding carboxylic acids is 1. The number of piperidine rings is 1. The first-order valence-electron chi connectivity index (χ1n) is 9.89. The fraction of sp³-hybridized carbons (Fsp3) is 0.261. The Morgan fingerprint density at radius 3 is 2.70 bits per heavy atom. The number of carbonyl (C=O) groups is 1. The summed E-state index contributed by atoms with van der Waals surface area (Å²) in [5.41, 5.74) is 3.15. The van der Waals surface area contributed by atoms with Crippen LogP contribution in [0.2, 0.25) is 5.02 Å². The molecule has 1 aliphatic rings. The molecule has 0 unspecified atom stereocenters. The van der Waals surface area contributed by atoms with E-state index in [1.165, 1.54) is 12.1 Å². The lowest BCUT2D eigenvalue weighted by Gasteiger charge is -2.32. The normalized spacial score (nSPS) is 16.4. The smallest absolute Gasteiger partial charge is 0.229 e. The van der Waals surface area contributed by atoms with Crippen molar-refractivity contribution in [3.8, 4) is 11.1 Å². The minimum Gasteiger partial charge on any atom is -0.340 e. The zero-order valence-corrected chi connectivity index (χ0v) is 17.4. The molecule has 1 aliphatic heterocycles. The number of aromatic nitrogens is 2. The minimum atomic E-state index is -0.295. The van der Waals surface area contributed by atoms with Crippen LogP contribution in [0.4, 0.5) is 16.0 Å². The SMILES string of the molecule is Cc1ccc(NC(=O)[C@H]2CCCN(c3ncc(-c4cccc(F)c4)cn3)C2)cc1Cl. The van der Waals surface area contributed by atoms with Gasteiger partial charge < -0.3 is 10.2 Å². The molecule has 0 radical (unpaired) electrons. The molecule has 0 spiro atoms. The number of aryl methyl sites for hydroxylation is 1.